The minimum Gasteiger partial charge on any atom is -0.316 e. The van der Waals surface area contributed by atoms with Gasteiger partial charge in [-0.05, 0) is 52.7 Å². The zero-order chi connectivity index (χ0) is 11.1. The topological polar surface area (TPSA) is 12.0 Å². The second-order valence-electron chi connectivity index (χ2n) is 4.62. The highest BCUT2D eigenvalue weighted by Gasteiger charge is 2.50. The number of hydrogen-bond acceptors (Lipinski definition) is 2. The largest absolute Gasteiger partial charge is 0.316 e. The van der Waals surface area contributed by atoms with Gasteiger partial charge in [0.2, 0.25) is 0 Å². The van der Waals surface area contributed by atoms with Crippen LogP contribution in [0.5, 0.6) is 0 Å². The molecule has 0 saturated heterocycles. The maximum Gasteiger partial charge on any atom is 0.0317 e. The molecule has 1 fully saturated rings. The zero-order valence-corrected chi connectivity index (χ0v) is 11.9. The van der Waals surface area contributed by atoms with E-state index in [4.69, 9.17) is 0 Å². The van der Waals surface area contributed by atoms with Crippen molar-refractivity contribution in [2.75, 3.05) is 7.05 Å². The number of thiophene rings is 1. The van der Waals surface area contributed by atoms with Gasteiger partial charge in [-0.1, -0.05) is 13.8 Å². The number of nitrogens with one attached hydrogen (secondary N) is 1. The molecule has 1 aliphatic rings. The van der Waals surface area contributed by atoms with Crippen LogP contribution in [0.25, 0.3) is 0 Å². The lowest BCUT2D eigenvalue weighted by atomic mass is 9.55. The Morgan fingerprint density at radius 1 is 1.67 bits per heavy atom. The minimum atomic E-state index is 0.433. The first kappa shape index (κ1) is 11.6. The highest BCUT2D eigenvalue weighted by Crippen LogP contribution is 2.57. The van der Waals surface area contributed by atoms with Gasteiger partial charge in [-0.2, -0.15) is 0 Å². The second kappa shape index (κ2) is 4.19. The zero-order valence-electron chi connectivity index (χ0n) is 9.51. The maximum atomic E-state index is 3.65. The summed E-state index contributed by atoms with van der Waals surface area (Å²) in [5.41, 5.74) is 0.433. The molecule has 3 unspecified atom stereocenters. The van der Waals surface area contributed by atoms with Gasteiger partial charge in [0.15, 0.2) is 0 Å². The number of hydrogen-bond donors (Lipinski definition) is 1. The number of rotatable bonds is 3. The van der Waals surface area contributed by atoms with E-state index >= 15 is 0 Å². The molecule has 3 atom stereocenters. The molecule has 0 radical (unpaired) electrons. The Balaban J connectivity index is 2.23. The third kappa shape index (κ3) is 1.69. The average molecular weight is 288 g/mol. The van der Waals surface area contributed by atoms with Crippen LogP contribution in [0.4, 0.5) is 0 Å². The molecule has 1 heterocycles. The SMILES string of the molecule is CCC1(C)C(NC)CC1c1sccc1Br. The van der Waals surface area contributed by atoms with E-state index in [9.17, 15) is 0 Å². The van der Waals surface area contributed by atoms with Gasteiger partial charge in [-0.15, -0.1) is 11.3 Å². The fraction of sp³-hybridized carbons (Fsp3) is 0.667. The van der Waals surface area contributed by atoms with Crippen LogP contribution >= 0.6 is 27.3 Å². The van der Waals surface area contributed by atoms with Crippen LogP contribution in [0, 0.1) is 5.41 Å². The van der Waals surface area contributed by atoms with Crippen LogP contribution in [0.3, 0.4) is 0 Å². The van der Waals surface area contributed by atoms with Gasteiger partial charge < -0.3 is 5.32 Å². The molecule has 2 rings (SSSR count). The predicted molar refractivity (Wildman–Crippen MR) is 70.6 cm³/mol. The molecule has 0 aromatic carbocycles. The maximum absolute atomic E-state index is 3.65. The standard InChI is InChI=1S/C12H18BrNS/c1-4-12(2)8(7-10(12)14-3)11-9(13)5-6-15-11/h5-6,8,10,14H,4,7H2,1-3H3. The molecular weight excluding hydrogens is 270 g/mol. The fourth-order valence-electron chi connectivity index (χ4n) is 2.76. The molecule has 0 aliphatic heterocycles. The van der Waals surface area contributed by atoms with Crippen LogP contribution in [-0.4, -0.2) is 13.1 Å². The Hall–Kier alpha value is 0.140. The molecule has 1 N–H and O–H groups in total. The van der Waals surface area contributed by atoms with Crippen LogP contribution < -0.4 is 5.32 Å². The summed E-state index contributed by atoms with van der Waals surface area (Å²) in [6.45, 7) is 4.71. The average Bonchev–Trinajstić information content (AvgIpc) is 2.63. The van der Waals surface area contributed by atoms with E-state index in [1.54, 1.807) is 0 Å². The van der Waals surface area contributed by atoms with E-state index in [1.807, 2.05) is 11.3 Å². The molecule has 3 heteroatoms. The molecule has 0 bridgehead atoms. The predicted octanol–water partition coefficient (Wildman–Crippen LogP) is 4.00. The third-order valence-electron chi connectivity index (χ3n) is 4.14. The first-order chi connectivity index (χ1) is 7.13. The summed E-state index contributed by atoms with van der Waals surface area (Å²) < 4.78 is 1.30. The molecule has 1 nitrogen and oxygen atoms in total. The summed E-state index contributed by atoms with van der Waals surface area (Å²) in [4.78, 5) is 1.53. The molecule has 0 spiro atoms. The van der Waals surface area contributed by atoms with Crippen molar-refractivity contribution in [3.63, 3.8) is 0 Å². The molecule has 1 aromatic rings. The van der Waals surface area contributed by atoms with Crippen molar-refractivity contribution in [2.24, 2.45) is 5.41 Å². The van der Waals surface area contributed by atoms with Gasteiger partial charge in [-0.3, -0.25) is 0 Å². The normalized spacial score (nSPS) is 35.2. The lowest BCUT2D eigenvalue weighted by Crippen LogP contribution is -2.55. The first-order valence-corrected chi connectivity index (χ1v) is 7.21. The fourth-order valence-corrected chi connectivity index (χ4v) is 4.68. The van der Waals surface area contributed by atoms with Crippen molar-refractivity contribution in [3.05, 3.63) is 20.8 Å². The lowest BCUT2D eigenvalue weighted by Gasteiger charge is -2.54. The molecule has 15 heavy (non-hydrogen) atoms. The van der Waals surface area contributed by atoms with Gasteiger partial charge in [0.25, 0.3) is 0 Å². The van der Waals surface area contributed by atoms with Crippen molar-refractivity contribution < 1.29 is 0 Å². The van der Waals surface area contributed by atoms with Crippen molar-refractivity contribution in [1.82, 2.24) is 5.32 Å². The Labute approximate surface area is 104 Å². The van der Waals surface area contributed by atoms with Crippen molar-refractivity contribution in [3.8, 4) is 0 Å². The van der Waals surface area contributed by atoms with E-state index in [0.29, 0.717) is 11.5 Å². The van der Waals surface area contributed by atoms with Gasteiger partial charge in [0.1, 0.15) is 0 Å². The molecular formula is C12H18BrNS. The highest BCUT2D eigenvalue weighted by atomic mass is 79.9. The summed E-state index contributed by atoms with van der Waals surface area (Å²) in [5.74, 6) is 0.731. The summed E-state index contributed by atoms with van der Waals surface area (Å²) in [6, 6.07) is 2.85. The smallest absolute Gasteiger partial charge is 0.0317 e. The van der Waals surface area contributed by atoms with Crippen molar-refractivity contribution in [2.45, 2.75) is 38.6 Å². The Morgan fingerprint density at radius 2 is 2.40 bits per heavy atom. The van der Waals surface area contributed by atoms with E-state index in [1.165, 1.54) is 22.2 Å². The molecule has 0 amide bonds. The van der Waals surface area contributed by atoms with Gasteiger partial charge in [0, 0.05) is 21.3 Å². The van der Waals surface area contributed by atoms with Crippen LogP contribution in [-0.2, 0) is 0 Å². The monoisotopic (exact) mass is 287 g/mol. The van der Waals surface area contributed by atoms with Crippen molar-refractivity contribution in [1.29, 1.82) is 0 Å². The minimum absolute atomic E-state index is 0.433. The van der Waals surface area contributed by atoms with E-state index < -0.39 is 0 Å². The summed E-state index contributed by atoms with van der Waals surface area (Å²) >= 11 is 5.54. The lowest BCUT2D eigenvalue weighted by molar-refractivity contribution is 0.0512. The van der Waals surface area contributed by atoms with Crippen LogP contribution in [0.1, 0.15) is 37.5 Å². The Kier molecular flexibility index (Phi) is 3.25. The Bertz CT molecular complexity index is 349. The van der Waals surface area contributed by atoms with Crippen molar-refractivity contribution >= 4 is 27.3 Å². The van der Waals surface area contributed by atoms with Crippen LogP contribution in [0.15, 0.2) is 15.9 Å². The van der Waals surface area contributed by atoms with E-state index in [2.05, 4.69) is 53.6 Å². The van der Waals surface area contributed by atoms with E-state index in [0.717, 1.165) is 5.92 Å². The molecule has 1 aliphatic carbocycles. The first-order valence-electron chi connectivity index (χ1n) is 5.53. The number of halogens is 1. The second-order valence-corrected chi connectivity index (χ2v) is 6.42. The van der Waals surface area contributed by atoms with E-state index in [-0.39, 0.29) is 0 Å². The van der Waals surface area contributed by atoms with Gasteiger partial charge in [0.05, 0.1) is 0 Å². The third-order valence-corrected chi connectivity index (χ3v) is 6.12. The quantitative estimate of drug-likeness (QED) is 0.886. The van der Waals surface area contributed by atoms with Crippen LogP contribution in [0.2, 0.25) is 0 Å². The molecule has 84 valence electrons. The Morgan fingerprint density at radius 3 is 2.87 bits per heavy atom. The summed E-state index contributed by atoms with van der Waals surface area (Å²) in [7, 11) is 2.08. The summed E-state index contributed by atoms with van der Waals surface area (Å²) in [5, 5.41) is 5.63. The summed E-state index contributed by atoms with van der Waals surface area (Å²) in [6.07, 6.45) is 2.52. The highest BCUT2D eigenvalue weighted by molar-refractivity contribution is 9.10. The molecule has 1 aromatic heterocycles. The van der Waals surface area contributed by atoms with Gasteiger partial charge >= 0.3 is 0 Å². The molecule has 1 saturated carbocycles. The van der Waals surface area contributed by atoms with Gasteiger partial charge in [-0.25, -0.2) is 0 Å².